The van der Waals surface area contributed by atoms with Crippen LogP contribution in [0.15, 0.2) is 36.2 Å². The molecule has 3 aromatic rings. The van der Waals surface area contributed by atoms with Crippen LogP contribution in [-0.2, 0) is 11.2 Å². The van der Waals surface area contributed by atoms with Crippen LogP contribution in [0.2, 0.25) is 0 Å². The third-order valence-corrected chi connectivity index (χ3v) is 6.00. The zero-order valence-corrected chi connectivity index (χ0v) is 17.3. The van der Waals surface area contributed by atoms with E-state index in [4.69, 9.17) is 9.97 Å². The van der Waals surface area contributed by atoms with Gasteiger partial charge in [0.15, 0.2) is 5.65 Å². The highest BCUT2D eigenvalue weighted by Gasteiger charge is 2.27. The van der Waals surface area contributed by atoms with Crippen molar-refractivity contribution in [2.45, 2.75) is 44.2 Å². The summed E-state index contributed by atoms with van der Waals surface area (Å²) in [6, 6.07) is 8.43. The second-order valence-electron chi connectivity index (χ2n) is 8.38. The van der Waals surface area contributed by atoms with Gasteiger partial charge < -0.3 is 16.0 Å². The maximum Gasteiger partial charge on any atom is 0.326 e. The number of hydrogen-bond acceptors (Lipinski definition) is 7. The van der Waals surface area contributed by atoms with Crippen LogP contribution in [0.4, 0.5) is 16.7 Å². The van der Waals surface area contributed by atoms with Crippen LogP contribution < -0.4 is 21.3 Å². The molecule has 1 saturated carbocycles. The summed E-state index contributed by atoms with van der Waals surface area (Å²) in [5, 5.41) is 16.1. The molecule has 0 spiro atoms. The van der Waals surface area contributed by atoms with Crippen LogP contribution >= 0.6 is 0 Å². The van der Waals surface area contributed by atoms with Crippen LogP contribution in [0, 0.1) is 0 Å². The van der Waals surface area contributed by atoms with Gasteiger partial charge in [0.1, 0.15) is 5.70 Å². The third kappa shape index (κ3) is 3.43. The standard InChI is InChI=1S/C22H22N8O2/c31-19-17(26-22(32)28-19)10-13-11-23-30-18(13)27-20(29-21(30)24-14-8-9-14)25-16-7-3-5-12-4-1-2-6-15(12)16/h1-2,4,6,10-11,14,16H,3,5,7-9H2,(H2,24,25,27,29)(H2,26,28,31,32)/b17-10-/t16-/m0/s1. The fourth-order valence-electron chi connectivity index (χ4n) is 4.26. The normalized spacial score (nSPS) is 21.4. The Labute approximate surface area is 183 Å². The van der Waals surface area contributed by atoms with Crippen molar-refractivity contribution >= 4 is 35.6 Å². The van der Waals surface area contributed by atoms with Gasteiger partial charge in [0, 0.05) is 11.6 Å². The SMILES string of the molecule is O=C1NC(=O)/C(=C/c2cnn3c(NC4CC4)nc(N[C@H]4CCCc5ccccc54)nc23)N1. The van der Waals surface area contributed by atoms with Gasteiger partial charge >= 0.3 is 6.03 Å². The zero-order valence-electron chi connectivity index (χ0n) is 17.3. The van der Waals surface area contributed by atoms with Gasteiger partial charge in [-0.25, -0.2) is 4.79 Å². The Kier molecular flexibility index (Phi) is 4.30. The first kappa shape index (κ1) is 18.8. The second-order valence-corrected chi connectivity index (χ2v) is 8.38. The Morgan fingerprint density at radius 1 is 1.06 bits per heavy atom. The van der Waals surface area contributed by atoms with Gasteiger partial charge in [-0.15, -0.1) is 0 Å². The fraction of sp³-hybridized carbons (Fsp3) is 0.318. The lowest BCUT2D eigenvalue weighted by Gasteiger charge is -2.26. The van der Waals surface area contributed by atoms with Gasteiger partial charge in [0.2, 0.25) is 11.9 Å². The molecule has 10 nitrogen and oxygen atoms in total. The Balaban J connectivity index is 1.40. The zero-order chi connectivity index (χ0) is 21.7. The fourth-order valence-corrected chi connectivity index (χ4v) is 4.26. The molecule has 3 amide bonds. The molecule has 32 heavy (non-hydrogen) atoms. The third-order valence-electron chi connectivity index (χ3n) is 6.00. The predicted molar refractivity (Wildman–Crippen MR) is 118 cm³/mol. The molecule has 1 atom stereocenters. The Morgan fingerprint density at radius 3 is 2.75 bits per heavy atom. The van der Waals surface area contributed by atoms with Crippen molar-refractivity contribution in [3.8, 4) is 0 Å². The molecular weight excluding hydrogens is 408 g/mol. The summed E-state index contributed by atoms with van der Waals surface area (Å²) >= 11 is 0. The monoisotopic (exact) mass is 430 g/mol. The minimum Gasteiger partial charge on any atom is -0.351 e. The second kappa shape index (κ2) is 7.33. The molecule has 6 rings (SSSR count). The number of aryl methyl sites for hydroxylation is 1. The first-order valence-electron chi connectivity index (χ1n) is 10.8. The number of urea groups is 1. The van der Waals surface area contributed by atoms with E-state index in [-0.39, 0.29) is 11.7 Å². The molecule has 3 aliphatic rings. The van der Waals surface area contributed by atoms with E-state index in [1.807, 2.05) is 0 Å². The molecule has 2 aromatic heterocycles. The smallest absolute Gasteiger partial charge is 0.326 e. The lowest BCUT2D eigenvalue weighted by Crippen LogP contribution is -2.22. The van der Waals surface area contributed by atoms with Crippen molar-refractivity contribution in [1.29, 1.82) is 0 Å². The molecule has 4 N–H and O–H groups in total. The number of fused-ring (bicyclic) bond motifs is 2. The minimum absolute atomic E-state index is 0.126. The van der Waals surface area contributed by atoms with E-state index in [1.54, 1.807) is 16.8 Å². The van der Waals surface area contributed by atoms with E-state index in [2.05, 4.69) is 50.6 Å². The molecule has 10 heteroatoms. The maximum absolute atomic E-state index is 12.0. The van der Waals surface area contributed by atoms with Crippen LogP contribution in [0.5, 0.6) is 0 Å². The molecular formula is C22H22N8O2. The average molecular weight is 430 g/mol. The average Bonchev–Trinajstić information content (AvgIpc) is 3.42. The Morgan fingerprint density at radius 2 is 1.94 bits per heavy atom. The van der Waals surface area contributed by atoms with Crippen LogP contribution in [0.25, 0.3) is 11.7 Å². The summed E-state index contributed by atoms with van der Waals surface area (Å²) < 4.78 is 1.64. The number of anilines is 2. The van der Waals surface area contributed by atoms with Crippen molar-refractivity contribution in [1.82, 2.24) is 30.2 Å². The molecule has 2 fully saturated rings. The molecule has 2 aliphatic carbocycles. The molecule has 1 aliphatic heterocycles. The summed E-state index contributed by atoms with van der Waals surface area (Å²) in [4.78, 5) is 32.9. The van der Waals surface area contributed by atoms with Gasteiger partial charge in [-0.3, -0.25) is 10.1 Å². The van der Waals surface area contributed by atoms with Gasteiger partial charge in [0.05, 0.1) is 12.2 Å². The minimum atomic E-state index is -0.540. The quantitative estimate of drug-likeness (QED) is 0.362. The predicted octanol–water partition coefficient (Wildman–Crippen LogP) is 2.37. The number of amides is 3. The first-order valence-corrected chi connectivity index (χ1v) is 10.8. The number of hydrogen-bond donors (Lipinski definition) is 4. The summed E-state index contributed by atoms with van der Waals surface area (Å²) in [5.74, 6) is 0.632. The van der Waals surface area contributed by atoms with E-state index in [1.165, 1.54) is 11.1 Å². The number of imide groups is 1. The van der Waals surface area contributed by atoms with Crippen LogP contribution in [0.1, 0.15) is 48.4 Å². The number of carbonyl (C=O) groups is 2. The van der Waals surface area contributed by atoms with Crippen molar-refractivity contribution in [3.63, 3.8) is 0 Å². The van der Waals surface area contributed by atoms with Gasteiger partial charge in [-0.2, -0.15) is 19.6 Å². The van der Waals surface area contributed by atoms with Crippen molar-refractivity contribution < 1.29 is 9.59 Å². The topological polar surface area (TPSA) is 125 Å². The van der Waals surface area contributed by atoms with E-state index in [0.29, 0.717) is 29.1 Å². The highest BCUT2D eigenvalue weighted by molar-refractivity contribution is 6.14. The summed E-state index contributed by atoms with van der Waals surface area (Å²) in [7, 11) is 0. The molecule has 3 heterocycles. The summed E-state index contributed by atoms with van der Waals surface area (Å²) in [6.07, 6.45) is 8.56. The first-order chi connectivity index (χ1) is 15.6. The molecule has 0 radical (unpaired) electrons. The highest BCUT2D eigenvalue weighted by atomic mass is 16.2. The number of carbonyl (C=O) groups excluding carboxylic acids is 2. The summed E-state index contributed by atoms with van der Waals surface area (Å²) in [5.41, 5.74) is 3.96. The maximum atomic E-state index is 12.0. The Bertz CT molecular complexity index is 1280. The van der Waals surface area contributed by atoms with Crippen molar-refractivity contribution in [2.75, 3.05) is 10.6 Å². The largest absolute Gasteiger partial charge is 0.351 e. The van der Waals surface area contributed by atoms with E-state index in [9.17, 15) is 9.59 Å². The number of benzene rings is 1. The van der Waals surface area contributed by atoms with Gasteiger partial charge in [-0.1, -0.05) is 24.3 Å². The molecule has 0 bridgehead atoms. The van der Waals surface area contributed by atoms with Crippen LogP contribution in [0.3, 0.4) is 0 Å². The molecule has 1 saturated heterocycles. The molecule has 1 aromatic carbocycles. The lowest BCUT2D eigenvalue weighted by molar-refractivity contribution is -0.115. The number of nitrogens with zero attached hydrogens (tertiary/aromatic N) is 4. The van der Waals surface area contributed by atoms with Gasteiger partial charge in [0.25, 0.3) is 5.91 Å². The van der Waals surface area contributed by atoms with Crippen molar-refractivity contribution in [3.05, 3.63) is 52.8 Å². The molecule has 0 unspecified atom stereocenters. The number of aromatic nitrogens is 4. The van der Waals surface area contributed by atoms with E-state index in [0.717, 1.165) is 32.1 Å². The van der Waals surface area contributed by atoms with E-state index < -0.39 is 11.9 Å². The van der Waals surface area contributed by atoms with Crippen molar-refractivity contribution in [2.24, 2.45) is 0 Å². The lowest BCUT2D eigenvalue weighted by atomic mass is 9.88. The highest BCUT2D eigenvalue weighted by Crippen LogP contribution is 2.32. The Hall–Kier alpha value is -3.95. The number of nitrogens with one attached hydrogen (secondary N) is 4. The summed E-state index contributed by atoms with van der Waals surface area (Å²) in [6.45, 7) is 0. The van der Waals surface area contributed by atoms with E-state index >= 15 is 0 Å². The van der Waals surface area contributed by atoms with Crippen LogP contribution in [-0.4, -0.2) is 37.6 Å². The number of rotatable bonds is 5. The molecule has 162 valence electrons. The van der Waals surface area contributed by atoms with Gasteiger partial charge in [-0.05, 0) is 49.3 Å².